The molecule has 0 aliphatic heterocycles. The molecule has 154 valence electrons. The fourth-order valence-electron chi connectivity index (χ4n) is 2.70. The largest absolute Gasteiger partial charge is 0.495 e. The molecule has 0 radical (unpaired) electrons. The Kier molecular flexibility index (Phi) is 6.19. The van der Waals surface area contributed by atoms with Crippen LogP contribution in [-0.2, 0) is 19.6 Å². The molecule has 8 nitrogen and oxygen atoms in total. The van der Waals surface area contributed by atoms with Crippen LogP contribution in [0.25, 0.3) is 0 Å². The average Bonchev–Trinajstić information content (AvgIpc) is 3.55. The van der Waals surface area contributed by atoms with Crippen LogP contribution in [0.5, 0.6) is 5.75 Å². The van der Waals surface area contributed by atoms with Gasteiger partial charge in [-0.25, -0.2) is 17.9 Å². The number of sulfonamides is 1. The number of hydrogen-bond donors (Lipinski definition) is 2. The van der Waals surface area contributed by atoms with E-state index in [1.165, 1.54) is 26.3 Å². The van der Waals surface area contributed by atoms with Gasteiger partial charge in [-0.15, -0.1) is 0 Å². The number of ether oxygens (including phenoxy) is 2. The highest BCUT2D eigenvalue weighted by atomic mass is 32.2. The number of methoxy groups -OCH3 is 1. The number of amides is 1. The van der Waals surface area contributed by atoms with Crippen molar-refractivity contribution in [2.24, 2.45) is 0 Å². The summed E-state index contributed by atoms with van der Waals surface area (Å²) in [6.07, 6.45) is 0.645. The van der Waals surface area contributed by atoms with Crippen LogP contribution < -0.4 is 14.8 Å². The summed E-state index contributed by atoms with van der Waals surface area (Å²) in [5.74, 6) is -1.15. The van der Waals surface area contributed by atoms with Gasteiger partial charge in [-0.1, -0.05) is 30.3 Å². The number of nitrogens with one attached hydrogen (secondary N) is 2. The van der Waals surface area contributed by atoms with Gasteiger partial charge in [-0.2, -0.15) is 0 Å². The van der Waals surface area contributed by atoms with Gasteiger partial charge >= 0.3 is 5.97 Å². The molecular formula is C20H22N2O6S. The average molecular weight is 418 g/mol. The molecular weight excluding hydrogens is 396 g/mol. The van der Waals surface area contributed by atoms with Crippen molar-refractivity contribution in [3.8, 4) is 5.75 Å². The molecule has 0 bridgehead atoms. The Bertz CT molecular complexity index is 1000. The van der Waals surface area contributed by atoms with Crippen LogP contribution >= 0.6 is 0 Å². The standard InChI is InChI=1S/C20H22N2O6S/c1-21-29(25,26)17-12-14(8-11-16(17)27-2)20(24)28-18(13-6-4-3-5-7-13)19(23)22-15-9-10-15/h3-8,11-12,15,18,21H,9-10H2,1-2H3,(H,22,23). The van der Waals surface area contributed by atoms with Gasteiger partial charge in [-0.05, 0) is 38.1 Å². The van der Waals surface area contributed by atoms with E-state index in [2.05, 4.69) is 10.0 Å². The molecule has 1 saturated carbocycles. The Labute approximate surface area is 169 Å². The summed E-state index contributed by atoms with van der Waals surface area (Å²) in [5, 5.41) is 2.83. The molecule has 1 atom stereocenters. The number of esters is 1. The van der Waals surface area contributed by atoms with Gasteiger partial charge in [0, 0.05) is 11.6 Å². The maximum Gasteiger partial charge on any atom is 0.339 e. The quantitative estimate of drug-likeness (QED) is 0.632. The second-order valence-electron chi connectivity index (χ2n) is 6.55. The molecule has 3 rings (SSSR count). The third-order valence-corrected chi connectivity index (χ3v) is 5.88. The van der Waals surface area contributed by atoms with Gasteiger partial charge in [0.25, 0.3) is 5.91 Å². The summed E-state index contributed by atoms with van der Waals surface area (Å²) in [6, 6.07) is 12.7. The molecule has 1 aliphatic carbocycles. The topological polar surface area (TPSA) is 111 Å². The van der Waals surface area contributed by atoms with Gasteiger partial charge in [0.05, 0.1) is 12.7 Å². The van der Waals surface area contributed by atoms with Crippen LogP contribution in [0.1, 0.15) is 34.9 Å². The monoisotopic (exact) mass is 418 g/mol. The highest BCUT2D eigenvalue weighted by molar-refractivity contribution is 7.89. The van der Waals surface area contributed by atoms with E-state index in [-0.39, 0.29) is 22.3 Å². The zero-order chi connectivity index (χ0) is 21.0. The SMILES string of the molecule is CNS(=O)(=O)c1cc(C(=O)OC(C(=O)NC2CC2)c2ccccc2)ccc1OC. The van der Waals surface area contributed by atoms with Gasteiger partial charge in [0.1, 0.15) is 10.6 Å². The lowest BCUT2D eigenvalue weighted by Gasteiger charge is -2.18. The maximum absolute atomic E-state index is 12.7. The highest BCUT2D eigenvalue weighted by Crippen LogP contribution is 2.27. The molecule has 1 unspecified atom stereocenters. The molecule has 0 aromatic heterocycles. The lowest BCUT2D eigenvalue weighted by atomic mass is 10.1. The van der Waals surface area contributed by atoms with E-state index in [1.807, 2.05) is 0 Å². The Hall–Kier alpha value is -2.91. The molecule has 2 aromatic carbocycles. The second-order valence-corrected chi connectivity index (χ2v) is 8.41. The Balaban J connectivity index is 1.89. The van der Waals surface area contributed by atoms with Gasteiger partial charge < -0.3 is 14.8 Å². The lowest BCUT2D eigenvalue weighted by molar-refractivity contribution is -0.130. The zero-order valence-corrected chi connectivity index (χ0v) is 16.9. The fraction of sp³-hybridized carbons (Fsp3) is 0.300. The third kappa shape index (κ3) is 4.93. The van der Waals surface area contributed by atoms with Gasteiger partial charge in [0.15, 0.2) is 0 Å². The lowest BCUT2D eigenvalue weighted by Crippen LogP contribution is -2.33. The molecule has 29 heavy (non-hydrogen) atoms. The molecule has 1 aliphatic rings. The van der Waals surface area contributed by atoms with Gasteiger partial charge in [0.2, 0.25) is 16.1 Å². The summed E-state index contributed by atoms with van der Waals surface area (Å²) in [5.41, 5.74) is 0.510. The van der Waals surface area contributed by atoms with Crippen molar-refractivity contribution in [2.75, 3.05) is 14.2 Å². The molecule has 0 heterocycles. The summed E-state index contributed by atoms with van der Waals surface area (Å²) in [7, 11) is -1.28. The zero-order valence-electron chi connectivity index (χ0n) is 16.0. The van der Waals surface area contributed by atoms with E-state index >= 15 is 0 Å². The molecule has 0 saturated heterocycles. The summed E-state index contributed by atoms with van der Waals surface area (Å²) in [6.45, 7) is 0. The van der Waals surface area contributed by atoms with Crippen LogP contribution in [0.2, 0.25) is 0 Å². The van der Waals surface area contributed by atoms with Crippen molar-refractivity contribution in [2.45, 2.75) is 29.9 Å². The Morgan fingerprint density at radius 2 is 1.79 bits per heavy atom. The third-order valence-electron chi connectivity index (χ3n) is 4.45. The number of carbonyl (C=O) groups is 2. The van der Waals surface area contributed by atoms with E-state index in [1.54, 1.807) is 30.3 Å². The molecule has 0 spiro atoms. The first-order valence-electron chi connectivity index (χ1n) is 9.03. The predicted molar refractivity (Wildman–Crippen MR) is 105 cm³/mol. The number of hydrogen-bond acceptors (Lipinski definition) is 6. The van der Waals surface area contributed by atoms with Crippen molar-refractivity contribution in [1.29, 1.82) is 0 Å². The number of carbonyl (C=O) groups excluding carboxylic acids is 2. The fourth-order valence-corrected chi connectivity index (χ4v) is 3.62. The molecule has 2 N–H and O–H groups in total. The first-order chi connectivity index (χ1) is 13.9. The van der Waals surface area contributed by atoms with Crippen LogP contribution in [0.3, 0.4) is 0 Å². The van der Waals surface area contributed by atoms with Crippen molar-refractivity contribution in [1.82, 2.24) is 10.0 Å². The first kappa shape index (κ1) is 20.8. The van der Waals surface area contributed by atoms with E-state index in [0.717, 1.165) is 18.9 Å². The highest BCUT2D eigenvalue weighted by Gasteiger charge is 2.31. The first-order valence-corrected chi connectivity index (χ1v) is 10.5. The number of benzene rings is 2. The van der Waals surface area contributed by atoms with Crippen molar-refractivity contribution < 1.29 is 27.5 Å². The minimum Gasteiger partial charge on any atom is -0.495 e. The second kappa shape index (κ2) is 8.62. The van der Waals surface area contributed by atoms with Crippen molar-refractivity contribution in [3.63, 3.8) is 0 Å². The molecule has 1 fully saturated rings. The van der Waals surface area contributed by atoms with Gasteiger partial charge in [-0.3, -0.25) is 4.79 Å². The van der Waals surface area contributed by atoms with Crippen LogP contribution in [-0.4, -0.2) is 40.5 Å². The Morgan fingerprint density at radius 1 is 1.10 bits per heavy atom. The number of rotatable bonds is 8. The van der Waals surface area contributed by atoms with Crippen LogP contribution in [0, 0.1) is 0 Å². The van der Waals surface area contributed by atoms with E-state index in [9.17, 15) is 18.0 Å². The smallest absolute Gasteiger partial charge is 0.339 e. The minimum absolute atomic E-state index is 0.0141. The normalized spacial score (nSPS) is 14.7. The van der Waals surface area contributed by atoms with E-state index in [4.69, 9.17) is 9.47 Å². The van der Waals surface area contributed by atoms with Crippen LogP contribution in [0.4, 0.5) is 0 Å². The Morgan fingerprint density at radius 3 is 2.38 bits per heavy atom. The molecule has 1 amide bonds. The summed E-state index contributed by atoms with van der Waals surface area (Å²) >= 11 is 0. The van der Waals surface area contributed by atoms with Crippen LogP contribution in [0.15, 0.2) is 53.4 Å². The minimum atomic E-state index is -3.86. The predicted octanol–water partition coefficient (Wildman–Crippen LogP) is 1.78. The summed E-state index contributed by atoms with van der Waals surface area (Å²) < 4.78 is 37.2. The van der Waals surface area contributed by atoms with Crippen molar-refractivity contribution >= 4 is 21.9 Å². The van der Waals surface area contributed by atoms with Crippen molar-refractivity contribution in [3.05, 3.63) is 59.7 Å². The molecule has 9 heteroatoms. The maximum atomic E-state index is 12.7. The van der Waals surface area contributed by atoms with E-state index < -0.39 is 28.0 Å². The van der Waals surface area contributed by atoms with E-state index in [0.29, 0.717) is 5.56 Å². The summed E-state index contributed by atoms with van der Waals surface area (Å²) in [4.78, 5) is 25.2. The molecule has 2 aromatic rings.